The summed E-state index contributed by atoms with van der Waals surface area (Å²) in [5, 5.41) is 3.25. The van der Waals surface area contributed by atoms with Crippen molar-refractivity contribution in [2.45, 2.75) is 57.0 Å². The van der Waals surface area contributed by atoms with Crippen LogP contribution in [0.4, 0.5) is 4.79 Å². The number of urea groups is 1. The van der Waals surface area contributed by atoms with E-state index in [9.17, 15) is 4.79 Å². The van der Waals surface area contributed by atoms with Crippen molar-refractivity contribution in [3.63, 3.8) is 0 Å². The van der Waals surface area contributed by atoms with E-state index in [0.29, 0.717) is 6.04 Å². The molecule has 2 amide bonds. The van der Waals surface area contributed by atoms with Crippen molar-refractivity contribution in [3.8, 4) is 0 Å². The Morgan fingerprint density at radius 3 is 2.14 bits per heavy atom. The lowest BCUT2D eigenvalue weighted by Crippen LogP contribution is -2.56. The molecule has 2 heterocycles. The summed E-state index contributed by atoms with van der Waals surface area (Å²) >= 11 is 0. The zero-order valence-corrected chi connectivity index (χ0v) is 14.1. The van der Waals surface area contributed by atoms with Crippen LogP contribution in [0.25, 0.3) is 0 Å². The van der Waals surface area contributed by atoms with Crippen LogP contribution in [-0.2, 0) is 0 Å². The van der Waals surface area contributed by atoms with Gasteiger partial charge in [-0.3, -0.25) is 4.90 Å². The third kappa shape index (κ3) is 4.13. The molecule has 2 aliphatic heterocycles. The third-order valence-electron chi connectivity index (χ3n) is 5.74. The molecule has 5 nitrogen and oxygen atoms in total. The van der Waals surface area contributed by atoms with Gasteiger partial charge in [0.2, 0.25) is 0 Å². The van der Waals surface area contributed by atoms with Crippen molar-refractivity contribution in [3.05, 3.63) is 0 Å². The maximum atomic E-state index is 12.4. The van der Waals surface area contributed by atoms with Crippen LogP contribution >= 0.6 is 0 Å². The number of piperazine rings is 1. The molecule has 1 saturated carbocycles. The number of likely N-dealkylation sites (tertiary alicyclic amines) is 1. The van der Waals surface area contributed by atoms with E-state index in [0.717, 1.165) is 32.2 Å². The quantitative estimate of drug-likeness (QED) is 0.844. The fraction of sp³-hybridized carbons (Fsp3) is 0.941. The minimum Gasteiger partial charge on any atom is -0.335 e. The van der Waals surface area contributed by atoms with Crippen molar-refractivity contribution in [1.82, 2.24) is 20.0 Å². The molecular weight excluding hydrogens is 276 g/mol. The average molecular weight is 308 g/mol. The minimum absolute atomic E-state index is 0.176. The summed E-state index contributed by atoms with van der Waals surface area (Å²) in [5.74, 6) is 0. The van der Waals surface area contributed by atoms with Crippen LogP contribution < -0.4 is 5.32 Å². The fourth-order valence-corrected chi connectivity index (χ4v) is 4.16. The van der Waals surface area contributed by atoms with Gasteiger partial charge < -0.3 is 15.1 Å². The molecule has 3 rings (SSSR count). The Morgan fingerprint density at radius 1 is 0.864 bits per heavy atom. The normalized spacial score (nSPS) is 27.0. The summed E-state index contributed by atoms with van der Waals surface area (Å²) in [7, 11) is 2.21. The number of amides is 2. The predicted molar refractivity (Wildman–Crippen MR) is 89.1 cm³/mol. The number of hydrogen-bond acceptors (Lipinski definition) is 3. The van der Waals surface area contributed by atoms with E-state index in [1.54, 1.807) is 0 Å². The van der Waals surface area contributed by atoms with Crippen molar-refractivity contribution in [2.24, 2.45) is 0 Å². The minimum atomic E-state index is 0.176. The van der Waals surface area contributed by atoms with Crippen molar-refractivity contribution in [2.75, 3.05) is 46.3 Å². The Balaban J connectivity index is 1.40. The van der Waals surface area contributed by atoms with Gasteiger partial charge in [0.05, 0.1) is 0 Å². The Bertz CT molecular complexity index is 354. The summed E-state index contributed by atoms with van der Waals surface area (Å²) in [6.45, 7) is 6.31. The van der Waals surface area contributed by atoms with E-state index in [4.69, 9.17) is 0 Å². The first-order chi connectivity index (χ1) is 10.7. The van der Waals surface area contributed by atoms with E-state index in [2.05, 4.69) is 22.2 Å². The number of carbonyl (C=O) groups is 1. The lowest BCUT2D eigenvalue weighted by molar-refractivity contribution is 0.0740. The second-order valence-electron chi connectivity index (χ2n) is 7.34. The molecule has 0 aromatic heterocycles. The van der Waals surface area contributed by atoms with Crippen molar-refractivity contribution < 1.29 is 4.79 Å². The van der Waals surface area contributed by atoms with Gasteiger partial charge in [-0.15, -0.1) is 0 Å². The van der Waals surface area contributed by atoms with Crippen LogP contribution in [0.5, 0.6) is 0 Å². The number of nitrogens with one attached hydrogen (secondary N) is 1. The molecule has 1 aliphatic carbocycles. The van der Waals surface area contributed by atoms with Gasteiger partial charge in [0.15, 0.2) is 0 Å². The highest BCUT2D eigenvalue weighted by Gasteiger charge is 2.28. The first kappa shape index (κ1) is 16.1. The average Bonchev–Trinajstić information content (AvgIpc) is 2.57. The van der Waals surface area contributed by atoms with E-state index < -0.39 is 0 Å². The molecule has 0 spiro atoms. The summed E-state index contributed by atoms with van der Waals surface area (Å²) < 4.78 is 0. The first-order valence-corrected chi connectivity index (χ1v) is 9.20. The highest BCUT2D eigenvalue weighted by Crippen LogP contribution is 2.19. The second-order valence-corrected chi connectivity index (χ2v) is 7.34. The summed E-state index contributed by atoms with van der Waals surface area (Å²) in [5.41, 5.74) is 0. The topological polar surface area (TPSA) is 38.8 Å². The van der Waals surface area contributed by atoms with Crippen LogP contribution in [0.1, 0.15) is 44.9 Å². The maximum absolute atomic E-state index is 12.4. The molecule has 0 aromatic carbocycles. The summed E-state index contributed by atoms with van der Waals surface area (Å²) in [6, 6.07) is 1.34. The Kier molecular flexibility index (Phi) is 5.58. The van der Waals surface area contributed by atoms with Crippen molar-refractivity contribution in [1.29, 1.82) is 0 Å². The van der Waals surface area contributed by atoms with Gasteiger partial charge in [-0.05, 0) is 45.8 Å². The van der Waals surface area contributed by atoms with Crippen LogP contribution in [0.2, 0.25) is 0 Å². The molecule has 1 N–H and O–H groups in total. The van der Waals surface area contributed by atoms with Crippen LogP contribution in [0.3, 0.4) is 0 Å². The lowest BCUT2D eigenvalue weighted by Gasteiger charge is -2.42. The monoisotopic (exact) mass is 308 g/mol. The number of carbonyl (C=O) groups excluding carboxylic acids is 1. The number of nitrogens with zero attached hydrogens (tertiary/aromatic N) is 3. The van der Waals surface area contributed by atoms with Gasteiger partial charge in [0, 0.05) is 38.3 Å². The Labute approximate surface area is 135 Å². The zero-order valence-electron chi connectivity index (χ0n) is 14.1. The standard InChI is InChI=1S/C17H32N4O/c1-19-9-7-16(8-10-19)20-11-13-21(14-12-20)17(22)18-15-5-3-2-4-6-15/h15-16H,2-14H2,1H3,(H,18,22). The molecule has 0 unspecified atom stereocenters. The van der Waals surface area contributed by atoms with Gasteiger partial charge in [-0.25, -0.2) is 4.79 Å². The highest BCUT2D eigenvalue weighted by molar-refractivity contribution is 5.74. The van der Waals surface area contributed by atoms with E-state index >= 15 is 0 Å². The molecule has 0 aromatic rings. The van der Waals surface area contributed by atoms with Gasteiger partial charge >= 0.3 is 6.03 Å². The molecule has 3 aliphatic rings. The van der Waals surface area contributed by atoms with Gasteiger partial charge in [-0.2, -0.15) is 0 Å². The molecule has 2 saturated heterocycles. The molecule has 0 atom stereocenters. The van der Waals surface area contributed by atoms with Crippen LogP contribution in [0.15, 0.2) is 0 Å². The number of hydrogen-bond donors (Lipinski definition) is 1. The molecule has 126 valence electrons. The molecule has 0 bridgehead atoms. The van der Waals surface area contributed by atoms with E-state index in [1.807, 2.05) is 4.90 Å². The zero-order chi connectivity index (χ0) is 15.4. The second kappa shape index (κ2) is 7.64. The smallest absolute Gasteiger partial charge is 0.317 e. The largest absolute Gasteiger partial charge is 0.335 e. The van der Waals surface area contributed by atoms with Crippen molar-refractivity contribution >= 4 is 6.03 Å². The number of piperidine rings is 1. The van der Waals surface area contributed by atoms with Gasteiger partial charge in [-0.1, -0.05) is 19.3 Å². The first-order valence-electron chi connectivity index (χ1n) is 9.20. The van der Waals surface area contributed by atoms with Gasteiger partial charge in [0.25, 0.3) is 0 Å². The predicted octanol–water partition coefficient (Wildman–Crippen LogP) is 1.74. The Morgan fingerprint density at radius 2 is 1.50 bits per heavy atom. The molecule has 22 heavy (non-hydrogen) atoms. The van der Waals surface area contributed by atoms with Crippen LogP contribution in [-0.4, -0.2) is 79.1 Å². The molecule has 5 heteroatoms. The third-order valence-corrected chi connectivity index (χ3v) is 5.74. The van der Waals surface area contributed by atoms with E-state index in [-0.39, 0.29) is 6.03 Å². The summed E-state index contributed by atoms with van der Waals surface area (Å²) in [6.07, 6.45) is 8.78. The highest BCUT2D eigenvalue weighted by atomic mass is 16.2. The molecule has 3 fully saturated rings. The lowest BCUT2D eigenvalue weighted by atomic mass is 9.96. The molecule has 0 radical (unpaired) electrons. The Hall–Kier alpha value is -0.810. The maximum Gasteiger partial charge on any atom is 0.317 e. The van der Waals surface area contributed by atoms with Gasteiger partial charge in [0.1, 0.15) is 0 Å². The number of rotatable bonds is 2. The SMILES string of the molecule is CN1CCC(N2CCN(C(=O)NC3CCCCC3)CC2)CC1. The fourth-order valence-electron chi connectivity index (χ4n) is 4.16. The van der Waals surface area contributed by atoms with E-state index in [1.165, 1.54) is 58.0 Å². The summed E-state index contributed by atoms with van der Waals surface area (Å²) in [4.78, 5) is 19.4. The van der Waals surface area contributed by atoms with Crippen LogP contribution in [0, 0.1) is 0 Å². The molecular formula is C17H32N4O.